The van der Waals surface area contributed by atoms with Crippen LogP contribution in [0.3, 0.4) is 0 Å². The molecule has 29 heavy (non-hydrogen) atoms. The lowest BCUT2D eigenvalue weighted by Gasteiger charge is -2.28. The smallest absolute Gasteiger partial charge is 0.270 e. The summed E-state index contributed by atoms with van der Waals surface area (Å²) in [6, 6.07) is 21.8. The number of aromatic nitrogens is 2. The number of piperidine rings is 1. The minimum absolute atomic E-state index is 0.154. The Balaban J connectivity index is 1.55. The first-order valence-electron chi connectivity index (χ1n) is 10.3. The third-order valence-corrected chi connectivity index (χ3v) is 5.20. The first-order valence-corrected chi connectivity index (χ1v) is 10.3. The molecule has 1 amide bonds. The maximum atomic E-state index is 12.8. The predicted molar refractivity (Wildman–Crippen MR) is 116 cm³/mol. The lowest BCUT2D eigenvalue weighted by atomic mass is 10.1. The average molecular weight is 386 g/mol. The van der Waals surface area contributed by atoms with Crippen LogP contribution in [0.15, 0.2) is 66.7 Å². The average Bonchev–Trinajstić information content (AvgIpc) is 2.80. The Kier molecular flexibility index (Phi) is 6.15. The van der Waals surface area contributed by atoms with Crippen LogP contribution in [0.5, 0.6) is 0 Å². The number of nitrogens with zero attached hydrogens (tertiary/aromatic N) is 3. The van der Waals surface area contributed by atoms with Crippen LogP contribution < -0.4 is 10.2 Å². The van der Waals surface area contributed by atoms with Crippen LogP contribution in [-0.4, -0.2) is 35.5 Å². The molecule has 5 heteroatoms. The molecule has 0 aliphatic carbocycles. The van der Waals surface area contributed by atoms with E-state index >= 15 is 0 Å². The van der Waals surface area contributed by atoms with E-state index in [0.717, 1.165) is 43.7 Å². The number of benzene rings is 2. The van der Waals surface area contributed by atoms with E-state index in [9.17, 15) is 4.79 Å². The lowest BCUT2D eigenvalue weighted by molar-refractivity contribution is 0.0949. The quantitative estimate of drug-likeness (QED) is 0.693. The molecule has 1 N–H and O–H groups in total. The number of rotatable bonds is 6. The lowest BCUT2D eigenvalue weighted by Crippen LogP contribution is -2.31. The zero-order valence-corrected chi connectivity index (χ0v) is 16.6. The van der Waals surface area contributed by atoms with E-state index in [0.29, 0.717) is 18.1 Å². The number of nitrogens with one attached hydrogen (secondary N) is 1. The van der Waals surface area contributed by atoms with Gasteiger partial charge in [0.1, 0.15) is 11.5 Å². The summed E-state index contributed by atoms with van der Waals surface area (Å²) in [5.41, 5.74) is 2.55. The molecule has 0 spiro atoms. The Labute approximate surface area is 171 Å². The molecular formula is C24H26N4O. The second-order valence-corrected chi connectivity index (χ2v) is 7.34. The Morgan fingerprint density at radius 1 is 0.897 bits per heavy atom. The second-order valence-electron chi connectivity index (χ2n) is 7.34. The van der Waals surface area contributed by atoms with Crippen LogP contribution in [0, 0.1) is 0 Å². The van der Waals surface area contributed by atoms with Crippen LogP contribution in [0.2, 0.25) is 0 Å². The number of carbonyl (C=O) groups is 1. The fraction of sp³-hybridized carbons (Fsp3) is 0.292. The summed E-state index contributed by atoms with van der Waals surface area (Å²) in [7, 11) is 0. The molecular weight excluding hydrogens is 360 g/mol. The number of anilines is 1. The van der Waals surface area contributed by atoms with Gasteiger partial charge in [-0.15, -0.1) is 0 Å². The van der Waals surface area contributed by atoms with Crippen LogP contribution in [0.1, 0.15) is 35.3 Å². The molecule has 0 unspecified atom stereocenters. The van der Waals surface area contributed by atoms with Gasteiger partial charge in [0, 0.05) is 31.3 Å². The van der Waals surface area contributed by atoms with E-state index in [1.807, 2.05) is 54.6 Å². The monoisotopic (exact) mass is 386 g/mol. The number of carbonyl (C=O) groups excluding carboxylic acids is 1. The second kappa shape index (κ2) is 9.32. The van der Waals surface area contributed by atoms with E-state index in [1.54, 1.807) is 0 Å². The highest BCUT2D eigenvalue weighted by Crippen LogP contribution is 2.23. The number of amides is 1. The third kappa shape index (κ3) is 4.99. The third-order valence-electron chi connectivity index (χ3n) is 5.20. The van der Waals surface area contributed by atoms with Crippen LogP contribution in [0.4, 0.5) is 5.82 Å². The maximum Gasteiger partial charge on any atom is 0.270 e. The Morgan fingerprint density at radius 2 is 1.59 bits per heavy atom. The molecule has 0 bridgehead atoms. The first-order chi connectivity index (χ1) is 14.3. The molecule has 1 fully saturated rings. The van der Waals surface area contributed by atoms with Crippen molar-refractivity contribution >= 4 is 11.7 Å². The van der Waals surface area contributed by atoms with Crippen molar-refractivity contribution in [2.75, 3.05) is 24.5 Å². The molecule has 5 nitrogen and oxygen atoms in total. The number of hydrogen-bond donors (Lipinski definition) is 1. The van der Waals surface area contributed by atoms with Gasteiger partial charge in [-0.1, -0.05) is 60.7 Å². The first kappa shape index (κ1) is 19.1. The summed E-state index contributed by atoms with van der Waals surface area (Å²) in [4.78, 5) is 24.4. The van der Waals surface area contributed by atoms with E-state index in [-0.39, 0.29) is 5.91 Å². The molecule has 1 aromatic heterocycles. The van der Waals surface area contributed by atoms with Gasteiger partial charge in [0.05, 0.1) is 0 Å². The van der Waals surface area contributed by atoms with Crippen molar-refractivity contribution in [3.05, 3.63) is 78.0 Å². The molecule has 1 aliphatic heterocycles. The normalized spacial score (nSPS) is 13.9. The molecule has 0 radical (unpaired) electrons. The SMILES string of the molecule is O=C(NCCc1ccccc1)c1cc(N2CCCCC2)nc(-c2ccccc2)n1. The van der Waals surface area contributed by atoms with Gasteiger partial charge in [-0.05, 0) is 31.2 Å². The molecule has 2 heterocycles. The minimum atomic E-state index is -0.154. The van der Waals surface area contributed by atoms with Gasteiger partial charge in [0.2, 0.25) is 0 Å². The molecule has 4 rings (SSSR count). The van der Waals surface area contributed by atoms with E-state index < -0.39 is 0 Å². The summed E-state index contributed by atoms with van der Waals surface area (Å²) in [6.07, 6.45) is 4.36. The van der Waals surface area contributed by atoms with Gasteiger partial charge in [-0.2, -0.15) is 0 Å². The van der Waals surface area contributed by atoms with Crippen LogP contribution in [-0.2, 0) is 6.42 Å². The Morgan fingerprint density at radius 3 is 2.31 bits per heavy atom. The van der Waals surface area contributed by atoms with Gasteiger partial charge in [-0.25, -0.2) is 9.97 Å². The molecule has 1 saturated heterocycles. The topological polar surface area (TPSA) is 58.1 Å². The van der Waals surface area contributed by atoms with Crippen molar-refractivity contribution in [1.82, 2.24) is 15.3 Å². The van der Waals surface area contributed by atoms with Crippen molar-refractivity contribution in [3.63, 3.8) is 0 Å². The van der Waals surface area contributed by atoms with E-state index in [1.165, 1.54) is 12.0 Å². The predicted octanol–water partition coefficient (Wildman–Crippen LogP) is 4.11. The van der Waals surface area contributed by atoms with Gasteiger partial charge >= 0.3 is 0 Å². The highest BCUT2D eigenvalue weighted by Gasteiger charge is 2.18. The van der Waals surface area contributed by atoms with E-state index in [2.05, 4.69) is 27.3 Å². The standard InChI is InChI=1S/C24H26N4O/c29-24(25-15-14-19-10-4-1-5-11-19)21-18-22(28-16-8-3-9-17-28)27-23(26-21)20-12-6-2-7-13-20/h1-2,4-7,10-13,18H,3,8-9,14-17H2,(H,25,29). The van der Waals surface area contributed by atoms with Crippen LogP contribution in [0.25, 0.3) is 11.4 Å². The summed E-state index contributed by atoms with van der Waals surface area (Å²) in [6.45, 7) is 2.52. The zero-order chi connectivity index (χ0) is 19.9. The van der Waals surface area contributed by atoms with E-state index in [4.69, 9.17) is 4.98 Å². The van der Waals surface area contributed by atoms with Crippen molar-refractivity contribution in [2.24, 2.45) is 0 Å². The fourth-order valence-electron chi connectivity index (χ4n) is 3.61. The van der Waals surface area contributed by atoms with Gasteiger partial charge in [0.25, 0.3) is 5.91 Å². The maximum absolute atomic E-state index is 12.8. The molecule has 3 aromatic rings. The fourth-order valence-corrected chi connectivity index (χ4v) is 3.61. The Bertz CT molecular complexity index is 938. The Hall–Kier alpha value is -3.21. The van der Waals surface area contributed by atoms with Crippen molar-refractivity contribution in [3.8, 4) is 11.4 Å². The molecule has 2 aromatic carbocycles. The van der Waals surface area contributed by atoms with Crippen molar-refractivity contribution in [2.45, 2.75) is 25.7 Å². The molecule has 1 aliphatic rings. The van der Waals surface area contributed by atoms with Gasteiger partial charge in [-0.3, -0.25) is 4.79 Å². The molecule has 0 saturated carbocycles. The number of hydrogen-bond acceptors (Lipinski definition) is 4. The minimum Gasteiger partial charge on any atom is -0.356 e. The van der Waals surface area contributed by atoms with Crippen molar-refractivity contribution < 1.29 is 4.79 Å². The zero-order valence-electron chi connectivity index (χ0n) is 16.6. The summed E-state index contributed by atoms with van der Waals surface area (Å²) < 4.78 is 0. The van der Waals surface area contributed by atoms with Crippen LogP contribution >= 0.6 is 0 Å². The highest BCUT2D eigenvalue weighted by atomic mass is 16.1. The highest BCUT2D eigenvalue weighted by molar-refractivity contribution is 5.93. The summed E-state index contributed by atoms with van der Waals surface area (Å²) >= 11 is 0. The summed E-state index contributed by atoms with van der Waals surface area (Å²) in [5, 5.41) is 3.01. The molecule has 0 atom stereocenters. The summed E-state index contributed by atoms with van der Waals surface area (Å²) in [5.74, 6) is 1.28. The van der Waals surface area contributed by atoms with Gasteiger partial charge in [0.15, 0.2) is 5.82 Å². The van der Waals surface area contributed by atoms with Crippen molar-refractivity contribution in [1.29, 1.82) is 0 Å². The largest absolute Gasteiger partial charge is 0.356 e. The van der Waals surface area contributed by atoms with Gasteiger partial charge < -0.3 is 10.2 Å². The molecule has 148 valence electrons.